The number of hydrogen-bond acceptors (Lipinski definition) is 6. The lowest BCUT2D eigenvalue weighted by Gasteiger charge is -2.38. The molecule has 0 radical (unpaired) electrons. The van der Waals surface area contributed by atoms with E-state index in [-0.39, 0.29) is 18.1 Å². The number of pyridine rings is 1. The smallest absolute Gasteiger partial charge is 0.256 e. The second kappa shape index (κ2) is 8.62. The summed E-state index contributed by atoms with van der Waals surface area (Å²) in [5, 5.41) is 8.39. The van der Waals surface area contributed by atoms with Crippen LogP contribution in [-0.4, -0.2) is 62.7 Å². The molecule has 1 aliphatic heterocycles. The van der Waals surface area contributed by atoms with Crippen LogP contribution in [0.25, 0.3) is 5.69 Å². The molecule has 0 aliphatic carbocycles. The Kier molecular flexibility index (Phi) is 5.76. The number of benzene rings is 1. The Morgan fingerprint density at radius 2 is 2.00 bits per heavy atom. The highest BCUT2D eigenvalue weighted by molar-refractivity contribution is 5.98. The number of ether oxygens (including phenoxy) is 2. The topological polar surface area (TPSA) is 82.4 Å². The number of aromatic nitrogens is 4. The summed E-state index contributed by atoms with van der Waals surface area (Å²) in [6, 6.07) is 9.47. The normalized spacial score (nSPS) is 19.0. The Hall–Kier alpha value is -3.26. The molecule has 156 valence electrons. The van der Waals surface area contributed by atoms with Crippen molar-refractivity contribution in [3.05, 3.63) is 65.6 Å². The number of amides is 1. The predicted molar refractivity (Wildman–Crippen MR) is 111 cm³/mol. The molecule has 2 atom stereocenters. The van der Waals surface area contributed by atoms with Crippen molar-refractivity contribution in [2.45, 2.75) is 32.9 Å². The zero-order valence-electron chi connectivity index (χ0n) is 17.4. The van der Waals surface area contributed by atoms with Crippen molar-refractivity contribution in [3.8, 4) is 11.6 Å². The van der Waals surface area contributed by atoms with Gasteiger partial charge in [-0.2, -0.15) is 15.0 Å². The highest BCUT2D eigenvalue weighted by Crippen LogP contribution is 2.22. The minimum atomic E-state index is -0.234. The van der Waals surface area contributed by atoms with Crippen LogP contribution in [0.4, 0.5) is 0 Å². The fourth-order valence-corrected chi connectivity index (χ4v) is 3.49. The summed E-state index contributed by atoms with van der Waals surface area (Å²) in [6.07, 6.45) is 4.66. The number of rotatable bonds is 5. The summed E-state index contributed by atoms with van der Waals surface area (Å²) >= 11 is 0. The number of carbonyl (C=O) groups excluding carboxylic acids is 1. The Balaban J connectivity index is 1.52. The summed E-state index contributed by atoms with van der Waals surface area (Å²) in [6.45, 7) is 7.11. The highest BCUT2D eigenvalue weighted by Gasteiger charge is 2.32. The van der Waals surface area contributed by atoms with Crippen molar-refractivity contribution in [2.24, 2.45) is 0 Å². The largest absolute Gasteiger partial charge is 0.475 e. The van der Waals surface area contributed by atoms with E-state index in [0.717, 1.165) is 11.1 Å². The lowest BCUT2D eigenvalue weighted by Crippen LogP contribution is -2.52. The SMILES string of the molecule is Cc1ccc(-n2nccn2)c(C(=O)N2C[C@@H](COc3ncccc3C)OC[C@@H]2C)c1. The van der Waals surface area contributed by atoms with Crippen LogP contribution in [0, 0.1) is 13.8 Å². The Morgan fingerprint density at radius 3 is 2.77 bits per heavy atom. The Bertz CT molecular complexity index is 1020. The van der Waals surface area contributed by atoms with Gasteiger partial charge in [0.2, 0.25) is 5.88 Å². The third-order valence-electron chi connectivity index (χ3n) is 5.15. The van der Waals surface area contributed by atoms with E-state index in [1.807, 2.05) is 56.0 Å². The fourth-order valence-electron chi connectivity index (χ4n) is 3.49. The summed E-state index contributed by atoms with van der Waals surface area (Å²) in [4.78, 5) is 21.1. The molecule has 0 bridgehead atoms. The van der Waals surface area contributed by atoms with Crippen molar-refractivity contribution in [1.29, 1.82) is 0 Å². The van der Waals surface area contributed by atoms with Gasteiger partial charge in [-0.15, -0.1) is 0 Å². The van der Waals surface area contributed by atoms with Gasteiger partial charge in [0.15, 0.2) is 0 Å². The van der Waals surface area contributed by atoms with Gasteiger partial charge in [0.25, 0.3) is 5.91 Å². The number of morpholine rings is 1. The number of nitrogens with zero attached hydrogens (tertiary/aromatic N) is 5. The Labute approximate surface area is 175 Å². The van der Waals surface area contributed by atoms with Gasteiger partial charge < -0.3 is 14.4 Å². The summed E-state index contributed by atoms with van der Waals surface area (Å²) in [5.41, 5.74) is 3.19. The molecule has 0 spiro atoms. The summed E-state index contributed by atoms with van der Waals surface area (Å²) in [5.74, 6) is 0.518. The van der Waals surface area contributed by atoms with Crippen LogP contribution in [0.1, 0.15) is 28.4 Å². The molecular weight excluding hydrogens is 382 g/mol. The van der Waals surface area contributed by atoms with Gasteiger partial charge >= 0.3 is 0 Å². The first kappa shape index (κ1) is 20.0. The highest BCUT2D eigenvalue weighted by atomic mass is 16.5. The minimum Gasteiger partial charge on any atom is -0.475 e. The van der Waals surface area contributed by atoms with Crippen molar-refractivity contribution in [1.82, 2.24) is 24.9 Å². The van der Waals surface area contributed by atoms with E-state index in [1.54, 1.807) is 18.6 Å². The molecule has 1 aliphatic rings. The molecule has 0 unspecified atom stereocenters. The van der Waals surface area contributed by atoms with Gasteiger partial charge in [-0.3, -0.25) is 4.79 Å². The van der Waals surface area contributed by atoms with Gasteiger partial charge in [-0.25, -0.2) is 4.98 Å². The maximum Gasteiger partial charge on any atom is 0.256 e. The monoisotopic (exact) mass is 407 g/mol. The second-order valence-corrected chi connectivity index (χ2v) is 7.54. The molecular formula is C22H25N5O3. The molecule has 0 saturated carbocycles. The summed E-state index contributed by atoms with van der Waals surface area (Å²) in [7, 11) is 0. The van der Waals surface area contributed by atoms with Crippen LogP contribution in [-0.2, 0) is 4.74 Å². The van der Waals surface area contributed by atoms with E-state index in [4.69, 9.17) is 9.47 Å². The van der Waals surface area contributed by atoms with Crippen molar-refractivity contribution in [2.75, 3.05) is 19.8 Å². The molecule has 8 heteroatoms. The van der Waals surface area contributed by atoms with Crippen molar-refractivity contribution in [3.63, 3.8) is 0 Å². The van der Waals surface area contributed by atoms with Crippen LogP contribution < -0.4 is 4.74 Å². The van der Waals surface area contributed by atoms with Gasteiger partial charge in [-0.1, -0.05) is 17.7 Å². The number of aryl methyl sites for hydroxylation is 2. The van der Waals surface area contributed by atoms with Gasteiger partial charge in [0, 0.05) is 11.8 Å². The standard InChI is InChI=1S/C22H25N5O3/c1-15-6-7-20(27-24-9-10-25-27)19(11-15)22(28)26-12-18(29-13-17(26)3)14-30-21-16(2)5-4-8-23-21/h4-11,17-18H,12-14H2,1-3H3/t17-,18-/m0/s1. The maximum atomic E-state index is 13.5. The van der Waals surface area contributed by atoms with Gasteiger partial charge in [-0.05, 0) is 39.0 Å². The third kappa shape index (κ3) is 4.18. The van der Waals surface area contributed by atoms with E-state index in [0.29, 0.717) is 36.9 Å². The van der Waals surface area contributed by atoms with Gasteiger partial charge in [0.05, 0.1) is 42.8 Å². The van der Waals surface area contributed by atoms with E-state index in [1.165, 1.54) is 4.80 Å². The average Bonchev–Trinajstić information content (AvgIpc) is 3.28. The molecule has 3 aromatic rings. The second-order valence-electron chi connectivity index (χ2n) is 7.54. The quantitative estimate of drug-likeness (QED) is 0.647. The number of hydrogen-bond donors (Lipinski definition) is 0. The zero-order valence-corrected chi connectivity index (χ0v) is 17.4. The van der Waals surface area contributed by atoms with Crippen LogP contribution in [0.15, 0.2) is 48.9 Å². The number of carbonyl (C=O) groups is 1. The predicted octanol–water partition coefficient (Wildman–Crippen LogP) is 2.59. The maximum absolute atomic E-state index is 13.5. The molecule has 1 saturated heterocycles. The molecule has 30 heavy (non-hydrogen) atoms. The zero-order chi connectivity index (χ0) is 21.1. The van der Waals surface area contributed by atoms with Crippen LogP contribution in [0.5, 0.6) is 5.88 Å². The first-order valence-corrected chi connectivity index (χ1v) is 9.97. The van der Waals surface area contributed by atoms with Crippen LogP contribution in [0.3, 0.4) is 0 Å². The van der Waals surface area contributed by atoms with E-state index in [9.17, 15) is 4.79 Å². The van der Waals surface area contributed by atoms with Gasteiger partial charge in [0.1, 0.15) is 12.7 Å². The average molecular weight is 407 g/mol. The third-order valence-corrected chi connectivity index (χ3v) is 5.15. The first-order chi connectivity index (χ1) is 14.5. The van der Waals surface area contributed by atoms with Crippen molar-refractivity contribution < 1.29 is 14.3 Å². The lowest BCUT2D eigenvalue weighted by atomic mass is 10.1. The lowest BCUT2D eigenvalue weighted by molar-refractivity contribution is -0.0633. The van der Waals surface area contributed by atoms with Crippen molar-refractivity contribution >= 4 is 5.91 Å². The van der Waals surface area contributed by atoms with E-state index < -0.39 is 0 Å². The molecule has 8 nitrogen and oxygen atoms in total. The Morgan fingerprint density at radius 1 is 1.20 bits per heavy atom. The molecule has 4 rings (SSSR count). The molecule has 3 heterocycles. The van der Waals surface area contributed by atoms with E-state index in [2.05, 4.69) is 15.2 Å². The van der Waals surface area contributed by atoms with E-state index >= 15 is 0 Å². The fraction of sp³-hybridized carbons (Fsp3) is 0.364. The molecule has 2 aromatic heterocycles. The minimum absolute atomic E-state index is 0.0516. The summed E-state index contributed by atoms with van der Waals surface area (Å²) < 4.78 is 11.8. The molecule has 1 fully saturated rings. The molecule has 0 N–H and O–H groups in total. The first-order valence-electron chi connectivity index (χ1n) is 9.97. The molecule has 1 aromatic carbocycles. The molecule has 1 amide bonds. The van der Waals surface area contributed by atoms with Crippen LogP contribution >= 0.6 is 0 Å². The van der Waals surface area contributed by atoms with Crippen LogP contribution in [0.2, 0.25) is 0 Å².